The minimum atomic E-state index is -0.0302. The summed E-state index contributed by atoms with van der Waals surface area (Å²) in [6, 6.07) is 10.5. The zero-order valence-electron chi connectivity index (χ0n) is 12.6. The second-order valence-electron chi connectivity index (χ2n) is 5.50. The van der Waals surface area contributed by atoms with Gasteiger partial charge in [0.05, 0.1) is 0 Å². The molecule has 1 aromatic carbocycles. The quantitative estimate of drug-likeness (QED) is 0.879. The first kappa shape index (κ1) is 15.3. The molecule has 0 spiro atoms. The first-order valence-electron chi connectivity index (χ1n) is 7.64. The molecule has 22 heavy (non-hydrogen) atoms. The molecule has 116 valence electrons. The summed E-state index contributed by atoms with van der Waals surface area (Å²) in [4.78, 5) is 12.4. The Labute approximate surface area is 139 Å². The van der Waals surface area contributed by atoms with Crippen LogP contribution in [0.3, 0.4) is 0 Å². The van der Waals surface area contributed by atoms with Crippen LogP contribution < -0.4 is 10.6 Å². The largest absolute Gasteiger partial charge is 0.349 e. The average Bonchev–Trinajstić information content (AvgIpc) is 2.93. The topological polar surface area (TPSA) is 46.1 Å². The van der Waals surface area contributed by atoms with E-state index in [9.17, 15) is 4.79 Å². The van der Waals surface area contributed by atoms with Gasteiger partial charge >= 0.3 is 0 Å². The lowest BCUT2D eigenvalue weighted by Crippen LogP contribution is -2.39. The number of rotatable bonds is 4. The monoisotopic (exact) mass is 361 g/mol. The van der Waals surface area contributed by atoms with Crippen molar-refractivity contribution in [1.29, 1.82) is 0 Å². The maximum atomic E-state index is 12.4. The molecule has 1 amide bonds. The van der Waals surface area contributed by atoms with Crippen molar-refractivity contribution in [2.45, 2.75) is 25.9 Å². The Morgan fingerprint density at radius 1 is 1.45 bits per heavy atom. The molecular formula is C17H20BrN3O. The fourth-order valence-corrected chi connectivity index (χ4v) is 3.45. The summed E-state index contributed by atoms with van der Waals surface area (Å²) >= 11 is 3.43. The van der Waals surface area contributed by atoms with Gasteiger partial charge in [0.1, 0.15) is 5.69 Å². The van der Waals surface area contributed by atoms with Crippen molar-refractivity contribution in [3.05, 3.63) is 57.8 Å². The van der Waals surface area contributed by atoms with E-state index in [1.807, 2.05) is 23.8 Å². The number of carbonyl (C=O) groups excluding carboxylic acids is 1. The zero-order valence-corrected chi connectivity index (χ0v) is 14.2. The first-order valence-corrected chi connectivity index (χ1v) is 8.43. The van der Waals surface area contributed by atoms with Crippen LogP contribution in [0.4, 0.5) is 0 Å². The Balaban J connectivity index is 1.69. The second-order valence-corrected chi connectivity index (χ2v) is 6.41. The number of nitrogens with zero attached hydrogens (tertiary/aromatic N) is 1. The van der Waals surface area contributed by atoms with Crippen molar-refractivity contribution in [2.24, 2.45) is 0 Å². The number of benzene rings is 1. The van der Waals surface area contributed by atoms with Crippen LogP contribution in [0.1, 0.15) is 34.6 Å². The van der Waals surface area contributed by atoms with E-state index in [0.29, 0.717) is 12.2 Å². The number of amides is 1. The maximum Gasteiger partial charge on any atom is 0.268 e. The van der Waals surface area contributed by atoms with Gasteiger partial charge in [-0.05, 0) is 53.0 Å². The van der Waals surface area contributed by atoms with Gasteiger partial charge in [-0.2, -0.15) is 0 Å². The molecule has 1 aromatic heterocycles. The van der Waals surface area contributed by atoms with Gasteiger partial charge in [-0.3, -0.25) is 4.79 Å². The Hall–Kier alpha value is -1.59. The Morgan fingerprint density at radius 2 is 2.27 bits per heavy atom. The molecule has 5 heteroatoms. The molecule has 2 aromatic rings. The fraction of sp³-hybridized carbons (Fsp3) is 0.353. The number of nitrogens with one attached hydrogen (secondary N) is 2. The van der Waals surface area contributed by atoms with Crippen LogP contribution in [0.5, 0.6) is 0 Å². The van der Waals surface area contributed by atoms with Crippen molar-refractivity contribution < 1.29 is 4.79 Å². The van der Waals surface area contributed by atoms with Crippen molar-refractivity contribution in [2.75, 3.05) is 13.1 Å². The van der Waals surface area contributed by atoms with Crippen molar-refractivity contribution in [3.63, 3.8) is 0 Å². The number of aryl methyl sites for hydroxylation is 1. The number of halogens is 1. The molecule has 0 fully saturated rings. The van der Waals surface area contributed by atoms with E-state index >= 15 is 0 Å². The van der Waals surface area contributed by atoms with Crippen LogP contribution in [0.25, 0.3) is 0 Å². The van der Waals surface area contributed by atoms with Gasteiger partial charge in [-0.1, -0.05) is 24.3 Å². The van der Waals surface area contributed by atoms with Gasteiger partial charge in [0, 0.05) is 29.8 Å². The van der Waals surface area contributed by atoms with Crippen molar-refractivity contribution >= 4 is 21.8 Å². The first-order chi connectivity index (χ1) is 10.7. The van der Waals surface area contributed by atoms with Gasteiger partial charge < -0.3 is 15.2 Å². The Morgan fingerprint density at radius 3 is 3.09 bits per heavy atom. The van der Waals surface area contributed by atoms with Crippen LogP contribution in [0, 0.1) is 0 Å². The molecule has 1 atom stereocenters. The minimum absolute atomic E-state index is 0.0302. The Bertz CT molecular complexity index is 680. The molecule has 0 saturated heterocycles. The summed E-state index contributed by atoms with van der Waals surface area (Å²) in [5.41, 5.74) is 3.36. The molecule has 2 heterocycles. The maximum absolute atomic E-state index is 12.4. The average molecular weight is 362 g/mol. The lowest BCUT2D eigenvalue weighted by molar-refractivity contribution is 0.0940. The van der Waals surface area contributed by atoms with Crippen LogP contribution >= 0.6 is 15.9 Å². The Kier molecular flexibility index (Phi) is 4.64. The molecule has 0 aliphatic carbocycles. The SMILES string of the molecule is CCn1cc(Br)cc1C(=O)NCC1NCCc2ccccc21. The van der Waals surface area contributed by atoms with E-state index in [2.05, 4.69) is 50.8 Å². The molecule has 1 unspecified atom stereocenters. The van der Waals surface area contributed by atoms with Gasteiger partial charge in [0.15, 0.2) is 0 Å². The third kappa shape index (κ3) is 3.10. The highest BCUT2D eigenvalue weighted by Gasteiger charge is 2.20. The highest BCUT2D eigenvalue weighted by atomic mass is 79.9. The number of carbonyl (C=O) groups is 1. The molecular weight excluding hydrogens is 342 g/mol. The summed E-state index contributed by atoms with van der Waals surface area (Å²) in [5.74, 6) is -0.0302. The van der Waals surface area contributed by atoms with E-state index in [0.717, 1.165) is 24.0 Å². The number of aromatic nitrogens is 1. The summed E-state index contributed by atoms with van der Waals surface area (Å²) < 4.78 is 2.88. The summed E-state index contributed by atoms with van der Waals surface area (Å²) in [7, 11) is 0. The highest BCUT2D eigenvalue weighted by Crippen LogP contribution is 2.22. The number of hydrogen-bond donors (Lipinski definition) is 2. The second kappa shape index (κ2) is 6.67. The molecule has 4 nitrogen and oxygen atoms in total. The summed E-state index contributed by atoms with van der Waals surface area (Å²) in [5, 5.41) is 6.54. The van der Waals surface area contributed by atoms with E-state index < -0.39 is 0 Å². The van der Waals surface area contributed by atoms with E-state index in [1.165, 1.54) is 11.1 Å². The van der Waals surface area contributed by atoms with Crippen molar-refractivity contribution in [3.8, 4) is 0 Å². The lowest BCUT2D eigenvalue weighted by Gasteiger charge is -2.27. The van der Waals surface area contributed by atoms with Crippen molar-refractivity contribution in [1.82, 2.24) is 15.2 Å². The van der Waals surface area contributed by atoms with Gasteiger partial charge in [-0.25, -0.2) is 0 Å². The number of hydrogen-bond acceptors (Lipinski definition) is 2. The fourth-order valence-electron chi connectivity index (χ4n) is 2.99. The molecule has 1 aliphatic heterocycles. The smallest absolute Gasteiger partial charge is 0.268 e. The van der Waals surface area contributed by atoms with Gasteiger partial charge in [0.2, 0.25) is 0 Å². The van der Waals surface area contributed by atoms with Crippen LogP contribution in [0.15, 0.2) is 41.0 Å². The van der Waals surface area contributed by atoms with Gasteiger partial charge in [0.25, 0.3) is 5.91 Å². The van der Waals surface area contributed by atoms with Crippen LogP contribution in [0.2, 0.25) is 0 Å². The highest BCUT2D eigenvalue weighted by molar-refractivity contribution is 9.10. The minimum Gasteiger partial charge on any atom is -0.349 e. The van der Waals surface area contributed by atoms with E-state index in [-0.39, 0.29) is 11.9 Å². The molecule has 1 aliphatic rings. The van der Waals surface area contributed by atoms with Gasteiger partial charge in [-0.15, -0.1) is 0 Å². The standard InChI is InChI=1S/C17H20BrN3O/c1-2-21-11-13(18)9-16(21)17(22)20-10-15-14-6-4-3-5-12(14)7-8-19-15/h3-6,9,11,15,19H,2,7-8,10H2,1H3,(H,20,22). The third-order valence-electron chi connectivity index (χ3n) is 4.12. The molecule has 2 N–H and O–H groups in total. The summed E-state index contributed by atoms with van der Waals surface area (Å²) in [6.45, 7) is 4.36. The van der Waals surface area contributed by atoms with E-state index in [1.54, 1.807) is 0 Å². The third-order valence-corrected chi connectivity index (χ3v) is 4.55. The molecule has 3 rings (SSSR count). The van der Waals surface area contributed by atoms with E-state index in [4.69, 9.17) is 0 Å². The lowest BCUT2D eigenvalue weighted by atomic mass is 9.94. The van der Waals surface area contributed by atoms with Crippen LogP contribution in [-0.4, -0.2) is 23.6 Å². The zero-order chi connectivity index (χ0) is 15.5. The van der Waals surface area contributed by atoms with Crippen LogP contribution in [-0.2, 0) is 13.0 Å². The summed E-state index contributed by atoms with van der Waals surface area (Å²) in [6.07, 6.45) is 2.98. The predicted octanol–water partition coefficient (Wildman–Crippen LogP) is 2.89. The molecule has 0 bridgehead atoms. The molecule has 0 saturated carbocycles. The predicted molar refractivity (Wildman–Crippen MR) is 91.0 cm³/mol. The number of fused-ring (bicyclic) bond motifs is 1. The molecule has 0 radical (unpaired) electrons. The normalized spacial score (nSPS) is 17.1.